The highest BCUT2D eigenvalue weighted by Gasteiger charge is 2.30. The number of benzene rings is 1. The van der Waals surface area contributed by atoms with Crippen molar-refractivity contribution in [3.05, 3.63) is 57.8 Å². The number of thiophene rings is 1. The molecule has 0 aliphatic carbocycles. The first-order valence-electron chi connectivity index (χ1n) is 5.43. The zero-order valence-electron chi connectivity index (χ0n) is 9.70. The third-order valence-corrected chi connectivity index (χ3v) is 3.17. The van der Waals surface area contributed by atoms with Crippen LogP contribution in [0.15, 0.2) is 41.1 Å². The van der Waals surface area contributed by atoms with Gasteiger partial charge in [0.05, 0.1) is 5.56 Å². The van der Waals surface area contributed by atoms with E-state index in [9.17, 15) is 18.0 Å². The highest BCUT2D eigenvalue weighted by Crippen LogP contribution is 2.29. The van der Waals surface area contributed by atoms with Crippen molar-refractivity contribution < 1.29 is 18.0 Å². The average molecular weight is 285 g/mol. The highest BCUT2D eigenvalue weighted by atomic mass is 32.1. The van der Waals surface area contributed by atoms with Crippen LogP contribution in [-0.4, -0.2) is 5.91 Å². The first kappa shape index (κ1) is 13.6. The summed E-state index contributed by atoms with van der Waals surface area (Å²) in [7, 11) is 0. The molecule has 1 amide bonds. The molecule has 0 aliphatic rings. The lowest BCUT2D eigenvalue weighted by molar-refractivity contribution is -0.137. The predicted molar refractivity (Wildman–Crippen MR) is 66.9 cm³/mol. The van der Waals surface area contributed by atoms with Crippen molar-refractivity contribution in [2.45, 2.75) is 12.7 Å². The Balaban J connectivity index is 2.02. The van der Waals surface area contributed by atoms with Crippen LogP contribution in [0.1, 0.15) is 21.5 Å². The van der Waals surface area contributed by atoms with Gasteiger partial charge in [0.15, 0.2) is 0 Å². The van der Waals surface area contributed by atoms with E-state index in [0.29, 0.717) is 11.1 Å². The van der Waals surface area contributed by atoms with Gasteiger partial charge in [0.2, 0.25) is 0 Å². The highest BCUT2D eigenvalue weighted by molar-refractivity contribution is 7.08. The second kappa shape index (κ2) is 5.44. The summed E-state index contributed by atoms with van der Waals surface area (Å²) >= 11 is 1.39. The van der Waals surface area contributed by atoms with Crippen LogP contribution in [0.4, 0.5) is 13.2 Å². The Morgan fingerprint density at radius 1 is 1.26 bits per heavy atom. The minimum atomic E-state index is -4.37. The third kappa shape index (κ3) is 3.57. The second-order valence-corrected chi connectivity index (χ2v) is 4.67. The smallest absolute Gasteiger partial charge is 0.348 e. The lowest BCUT2D eigenvalue weighted by Gasteiger charge is -2.09. The van der Waals surface area contributed by atoms with Crippen LogP contribution in [-0.2, 0) is 12.7 Å². The Labute approximate surface area is 111 Å². The monoisotopic (exact) mass is 285 g/mol. The Morgan fingerprint density at radius 3 is 2.68 bits per heavy atom. The summed E-state index contributed by atoms with van der Waals surface area (Å²) in [5.41, 5.74) is 0.213. The van der Waals surface area contributed by atoms with Gasteiger partial charge in [0.25, 0.3) is 5.91 Å². The molecule has 0 spiro atoms. The molecule has 0 radical (unpaired) electrons. The van der Waals surface area contributed by atoms with Gasteiger partial charge < -0.3 is 5.32 Å². The third-order valence-electron chi connectivity index (χ3n) is 2.49. The molecule has 100 valence electrons. The largest absolute Gasteiger partial charge is 0.416 e. The molecule has 19 heavy (non-hydrogen) atoms. The Morgan fingerprint density at radius 2 is 2.05 bits per heavy atom. The number of halogens is 3. The van der Waals surface area contributed by atoms with E-state index >= 15 is 0 Å². The van der Waals surface area contributed by atoms with E-state index in [0.717, 1.165) is 12.1 Å². The maximum atomic E-state index is 12.5. The van der Waals surface area contributed by atoms with Crippen LogP contribution in [0, 0.1) is 0 Å². The van der Waals surface area contributed by atoms with Crippen LogP contribution in [0.25, 0.3) is 0 Å². The van der Waals surface area contributed by atoms with Crippen LogP contribution in [0.5, 0.6) is 0 Å². The normalized spacial score (nSPS) is 11.3. The van der Waals surface area contributed by atoms with Gasteiger partial charge in [-0.05, 0) is 29.1 Å². The van der Waals surface area contributed by atoms with Crippen molar-refractivity contribution in [3.63, 3.8) is 0 Å². The molecule has 0 aliphatic heterocycles. The van der Waals surface area contributed by atoms with Gasteiger partial charge in [-0.3, -0.25) is 4.79 Å². The number of carbonyl (C=O) groups excluding carboxylic acids is 1. The number of amides is 1. The summed E-state index contributed by atoms with van der Waals surface area (Å²) in [6.45, 7) is 0.0681. The van der Waals surface area contributed by atoms with Gasteiger partial charge in [-0.25, -0.2) is 0 Å². The van der Waals surface area contributed by atoms with E-state index in [-0.39, 0.29) is 12.5 Å². The molecule has 0 unspecified atom stereocenters. The van der Waals surface area contributed by atoms with Crippen molar-refractivity contribution >= 4 is 17.2 Å². The summed E-state index contributed by atoms with van der Waals surface area (Å²) in [4.78, 5) is 11.6. The molecule has 2 aromatic rings. The molecule has 1 aromatic heterocycles. The fourth-order valence-electron chi connectivity index (χ4n) is 1.54. The maximum Gasteiger partial charge on any atom is 0.416 e. The summed E-state index contributed by atoms with van der Waals surface area (Å²) in [6, 6.07) is 6.57. The molecule has 1 heterocycles. The topological polar surface area (TPSA) is 29.1 Å². The molecule has 2 nitrogen and oxygen atoms in total. The number of alkyl halides is 3. The van der Waals surface area contributed by atoms with E-state index in [1.165, 1.54) is 17.4 Å². The first-order chi connectivity index (χ1) is 8.97. The first-order valence-corrected chi connectivity index (χ1v) is 6.37. The van der Waals surface area contributed by atoms with Crippen LogP contribution in [0.3, 0.4) is 0 Å². The molecule has 1 N–H and O–H groups in total. The number of carbonyl (C=O) groups is 1. The van der Waals surface area contributed by atoms with E-state index in [1.807, 2.05) is 0 Å². The Hall–Kier alpha value is -1.82. The predicted octanol–water partition coefficient (Wildman–Crippen LogP) is 3.70. The number of nitrogens with one attached hydrogen (secondary N) is 1. The summed E-state index contributed by atoms with van der Waals surface area (Å²) in [5, 5.41) is 6.03. The summed E-state index contributed by atoms with van der Waals surface area (Å²) in [6.07, 6.45) is -4.37. The SMILES string of the molecule is O=C(NCc1cccc(C(F)(F)F)c1)c1ccsc1. The molecule has 1 aromatic carbocycles. The van der Waals surface area contributed by atoms with Crippen LogP contribution in [0.2, 0.25) is 0 Å². The van der Waals surface area contributed by atoms with Crippen molar-refractivity contribution in [3.8, 4) is 0 Å². The zero-order valence-corrected chi connectivity index (χ0v) is 10.5. The standard InChI is InChI=1S/C13H10F3NOS/c14-13(15,16)11-3-1-2-9(6-11)7-17-12(18)10-4-5-19-8-10/h1-6,8H,7H2,(H,17,18). The van der Waals surface area contributed by atoms with Crippen molar-refractivity contribution in [1.29, 1.82) is 0 Å². The van der Waals surface area contributed by atoms with E-state index in [1.54, 1.807) is 22.9 Å². The Bertz CT molecular complexity index is 564. The quantitative estimate of drug-likeness (QED) is 0.915. The Kier molecular flexibility index (Phi) is 3.90. The molecular formula is C13H10F3NOS. The van der Waals surface area contributed by atoms with Gasteiger partial charge in [-0.2, -0.15) is 24.5 Å². The van der Waals surface area contributed by atoms with Crippen molar-refractivity contribution in [2.75, 3.05) is 0 Å². The molecule has 0 bridgehead atoms. The van der Waals surface area contributed by atoms with Gasteiger partial charge in [-0.1, -0.05) is 12.1 Å². The van der Waals surface area contributed by atoms with E-state index in [2.05, 4.69) is 5.32 Å². The molecule has 0 fully saturated rings. The number of hydrogen-bond donors (Lipinski definition) is 1. The van der Waals surface area contributed by atoms with E-state index < -0.39 is 11.7 Å². The van der Waals surface area contributed by atoms with Crippen LogP contribution < -0.4 is 5.32 Å². The lowest BCUT2D eigenvalue weighted by Crippen LogP contribution is -2.22. The summed E-state index contributed by atoms with van der Waals surface area (Å²) < 4.78 is 37.5. The number of rotatable bonds is 3. The molecular weight excluding hydrogens is 275 g/mol. The summed E-state index contributed by atoms with van der Waals surface area (Å²) in [5.74, 6) is -0.293. The van der Waals surface area contributed by atoms with Gasteiger partial charge in [0, 0.05) is 17.5 Å². The molecule has 2 rings (SSSR count). The van der Waals surface area contributed by atoms with Crippen LogP contribution >= 0.6 is 11.3 Å². The molecule has 0 saturated heterocycles. The van der Waals surface area contributed by atoms with Gasteiger partial charge in [0.1, 0.15) is 0 Å². The van der Waals surface area contributed by atoms with Gasteiger partial charge >= 0.3 is 6.18 Å². The van der Waals surface area contributed by atoms with Crippen molar-refractivity contribution in [1.82, 2.24) is 5.32 Å². The lowest BCUT2D eigenvalue weighted by atomic mass is 10.1. The average Bonchev–Trinajstić information content (AvgIpc) is 2.89. The molecule has 6 heteroatoms. The minimum absolute atomic E-state index is 0.0681. The van der Waals surface area contributed by atoms with E-state index in [4.69, 9.17) is 0 Å². The zero-order chi connectivity index (χ0) is 13.9. The number of hydrogen-bond acceptors (Lipinski definition) is 2. The maximum absolute atomic E-state index is 12.5. The second-order valence-electron chi connectivity index (χ2n) is 3.89. The fourth-order valence-corrected chi connectivity index (χ4v) is 2.17. The minimum Gasteiger partial charge on any atom is -0.348 e. The van der Waals surface area contributed by atoms with Gasteiger partial charge in [-0.15, -0.1) is 0 Å². The van der Waals surface area contributed by atoms with Crippen molar-refractivity contribution in [2.24, 2.45) is 0 Å². The fraction of sp³-hybridized carbons (Fsp3) is 0.154. The molecule has 0 atom stereocenters. The molecule has 0 saturated carbocycles.